The quantitative estimate of drug-likeness (QED) is 0.869. The number of aromatic carboxylic acids is 1. The first-order chi connectivity index (χ1) is 8.06. The van der Waals surface area contributed by atoms with Gasteiger partial charge in [-0.1, -0.05) is 29.8 Å². The predicted molar refractivity (Wildman–Crippen MR) is 68.6 cm³/mol. The summed E-state index contributed by atoms with van der Waals surface area (Å²) in [7, 11) is 0. The SMILES string of the molecule is Cc1cc(C(=O)O)cc(-c2ccc(Cl)cc2)c1. The van der Waals surface area contributed by atoms with Gasteiger partial charge in [0.05, 0.1) is 5.56 Å². The van der Waals surface area contributed by atoms with Crippen LogP contribution in [-0.4, -0.2) is 11.1 Å². The highest BCUT2D eigenvalue weighted by Gasteiger charge is 2.06. The van der Waals surface area contributed by atoms with Crippen LogP contribution in [0.2, 0.25) is 5.02 Å². The van der Waals surface area contributed by atoms with Gasteiger partial charge >= 0.3 is 5.97 Å². The molecule has 1 N–H and O–H groups in total. The second-order valence-corrected chi connectivity index (χ2v) is 4.34. The third-order valence-electron chi connectivity index (χ3n) is 2.50. The Morgan fingerprint density at radius 1 is 1.06 bits per heavy atom. The predicted octanol–water partition coefficient (Wildman–Crippen LogP) is 4.01. The van der Waals surface area contributed by atoms with Crippen LogP contribution in [0.3, 0.4) is 0 Å². The summed E-state index contributed by atoms with van der Waals surface area (Å²) in [5, 5.41) is 9.67. The Balaban J connectivity index is 2.51. The van der Waals surface area contributed by atoms with Gasteiger partial charge in [-0.25, -0.2) is 4.79 Å². The normalized spacial score (nSPS) is 10.2. The molecular formula is C14H11ClO2. The first-order valence-corrected chi connectivity index (χ1v) is 5.55. The fourth-order valence-electron chi connectivity index (χ4n) is 1.72. The topological polar surface area (TPSA) is 37.3 Å². The van der Waals surface area contributed by atoms with Crippen molar-refractivity contribution >= 4 is 17.6 Å². The Bertz CT molecular complexity index is 559. The van der Waals surface area contributed by atoms with Crippen LogP contribution in [0, 0.1) is 6.92 Å². The molecule has 2 aromatic carbocycles. The molecule has 0 aliphatic heterocycles. The molecule has 17 heavy (non-hydrogen) atoms. The highest BCUT2D eigenvalue weighted by molar-refractivity contribution is 6.30. The van der Waals surface area contributed by atoms with Crippen molar-refractivity contribution in [1.82, 2.24) is 0 Å². The lowest BCUT2D eigenvalue weighted by atomic mass is 10.0. The second-order valence-electron chi connectivity index (χ2n) is 3.90. The monoisotopic (exact) mass is 246 g/mol. The molecule has 0 aliphatic rings. The number of aryl methyl sites for hydroxylation is 1. The molecule has 3 heteroatoms. The zero-order valence-corrected chi connectivity index (χ0v) is 10.0. The molecule has 0 aliphatic carbocycles. The van der Waals surface area contributed by atoms with Gasteiger partial charge in [0.25, 0.3) is 0 Å². The van der Waals surface area contributed by atoms with Gasteiger partial charge in [0, 0.05) is 5.02 Å². The number of halogens is 1. The number of benzene rings is 2. The van der Waals surface area contributed by atoms with Crippen molar-refractivity contribution in [3.63, 3.8) is 0 Å². The van der Waals surface area contributed by atoms with Gasteiger partial charge in [-0.3, -0.25) is 0 Å². The summed E-state index contributed by atoms with van der Waals surface area (Å²) < 4.78 is 0. The Labute approximate surface area is 104 Å². The molecule has 0 bridgehead atoms. The molecule has 2 aromatic rings. The number of carbonyl (C=O) groups is 1. The first-order valence-electron chi connectivity index (χ1n) is 5.17. The number of hydrogen-bond acceptors (Lipinski definition) is 1. The van der Waals surface area contributed by atoms with E-state index in [0.29, 0.717) is 10.6 Å². The van der Waals surface area contributed by atoms with E-state index in [4.69, 9.17) is 16.7 Å². The van der Waals surface area contributed by atoms with Crippen LogP contribution >= 0.6 is 11.6 Å². The third kappa shape index (κ3) is 2.66. The molecule has 0 spiro atoms. The lowest BCUT2D eigenvalue weighted by molar-refractivity contribution is 0.0697. The van der Waals surface area contributed by atoms with E-state index in [1.165, 1.54) is 0 Å². The number of carboxylic acid groups (broad SMARTS) is 1. The van der Waals surface area contributed by atoms with Crippen LogP contribution in [0.1, 0.15) is 15.9 Å². The summed E-state index contributed by atoms with van der Waals surface area (Å²) in [6, 6.07) is 12.6. The van der Waals surface area contributed by atoms with Crippen molar-refractivity contribution < 1.29 is 9.90 Å². The summed E-state index contributed by atoms with van der Waals surface area (Å²) >= 11 is 5.82. The minimum atomic E-state index is -0.913. The first kappa shape index (κ1) is 11.7. The molecule has 0 saturated carbocycles. The zero-order chi connectivity index (χ0) is 12.4. The molecule has 0 amide bonds. The van der Waals surface area contributed by atoms with Crippen LogP contribution < -0.4 is 0 Å². The summed E-state index contributed by atoms with van der Waals surface area (Å²) in [5.74, 6) is -0.913. The Kier molecular flexibility index (Phi) is 3.16. The number of carboxylic acids is 1. The molecule has 86 valence electrons. The van der Waals surface area contributed by atoms with Crippen LogP contribution in [0.4, 0.5) is 0 Å². The van der Waals surface area contributed by atoms with Crippen LogP contribution in [0.15, 0.2) is 42.5 Å². The van der Waals surface area contributed by atoms with Gasteiger partial charge in [0.15, 0.2) is 0 Å². The van der Waals surface area contributed by atoms with Crippen LogP contribution in [-0.2, 0) is 0 Å². The van der Waals surface area contributed by atoms with E-state index >= 15 is 0 Å². The van der Waals surface area contributed by atoms with E-state index in [1.54, 1.807) is 24.3 Å². The summed E-state index contributed by atoms with van der Waals surface area (Å²) in [6.07, 6.45) is 0. The lowest BCUT2D eigenvalue weighted by Gasteiger charge is -2.05. The lowest BCUT2D eigenvalue weighted by Crippen LogP contribution is -1.97. The van der Waals surface area contributed by atoms with Crippen molar-refractivity contribution in [3.05, 3.63) is 58.6 Å². The fraction of sp³-hybridized carbons (Fsp3) is 0.0714. The zero-order valence-electron chi connectivity index (χ0n) is 9.27. The summed E-state index contributed by atoms with van der Waals surface area (Å²) in [5.41, 5.74) is 3.07. The number of rotatable bonds is 2. The molecule has 2 rings (SSSR count). The smallest absolute Gasteiger partial charge is 0.335 e. The van der Waals surface area contributed by atoms with Gasteiger partial charge in [0.2, 0.25) is 0 Å². The van der Waals surface area contributed by atoms with Crippen molar-refractivity contribution in [3.8, 4) is 11.1 Å². The van der Waals surface area contributed by atoms with E-state index in [1.807, 2.05) is 25.1 Å². The van der Waals surface area contributed by atoms with Crippen molar-refractivity contribution in [1.29, 1.82) is 0 Å². The fourth-order valence-corrected chi connectivity index (χ4v) is 1.84. The molecule has 2 nitrogen and oxygen atoms in total. The average Bonchev–Trinajstić information content (AvgIpc) is 2.29. The summed E-state index contributed by atoms with van der Waals surface area (Å²) in [4.78, 5) is 11.0. The van der Waals surface area contributed by atoms with Crippen molar-refractivity contribution in [2.45, 2.75) is 6.92 Å². The minimum absolute atomic E-state index is 0.301. The molecule has 0 unspecified atom stereocenters. The Morgan fingerprint density at radius 2 is 1.71 bits per heavy atom. The van der Waals surface area contributed by atoms with E-state index < -0.39 is 5.97 Å². The molecule has 0 atom stereocenters. The maximum Gasteiger partial charge on any atom is 0.335 e. The molecular weight excluding hydrogens is 236 g/mol. The average molecular weight is 247 g/mol. The van der Waals surface area contributed by atoms with Crippen molar-refractivity contribution in [2.75, 3.05) is 0 Å². The molecule has 0 heterocycles. The van der Waals surface area contributed by atoms with Crippen LogP contribution in [0.5, 0.6) is 0 Å². The molecule has 0 aromatic heterocycles. The second kappa shape index (κ2) is 4.60. The highest BCUT2D eigenvalue weighted by atomic mass is 35.5. The Morgan fingerprint density at radius 3 is 2.29 bits per heavy atom. The van der Waals surface area contributed by atoms with E-state index in [-0.39, 0.29) is 0 Å². The molecule has 0 fully saturated rings. The standard InChI is InChI=1S/C14H11ClO2/c1-9-6-11(8-12(7-9)14(16)17)10-2-4-13(15)5-3-10/h2-8H,1H3,(H,16,17). The minimum Gasteiger partial charge on any atom is -0.478 e. The van der Waals surface area contributed by atoms with Crippen molar-refractivity contribution in [2.24, 2.45) is 0 Å². The van der Waals surface area contributed by atoms with Crippen LogP contribution in [0.25, 0.3) is 11.1 Å². The maximum absolute atomic E-state index is 11.0. The number of hydrogen-bond donors (Lipinski definition) is 1. The van der Waals surface area contributed by atoms with Gasteiger partial charge in [0.1, 0.15) is 0 Å². The molecule has 0 radical (unpaired) electrons. The Hall–Kier alpha value is -1.80. The molecule has 0 saturated heterocycles. The van der Waals surface area contributed by atoms with Gasteiger partial charge in [-0.2, -0.15) is 0 Å². The van der Waals surface area contributed by atoms with E-state index in [0.717, 1.165) is 16.7 Å². The highest BCUT2D eigenvalue weighted by Crippen LogP contribution is 2.24. The van der Waals surface area contributed by atoms with E-state index in [2.05, 4.69) is 0 Å². The third-order valence-corrected chi connectivity index (χ3v) is 2.75. The summed E-state index contributed by atoms with van der Waals surface area (Å²) in [6.45, 7) is 1.88. The largest absolute Gasteiger partial charge is 0.478 e. The van der Waals surface area contributed by atoms with E-state index in [9.17, 15) is 4.79 Å². The van der Waals surface area contributed by atoms with Gasteiger partial charge in [-0.15, -0.1) is 0 Å². The van der Waals surface area contributed by atoms with Gasteiger partial charge in [-0.05, 0) is 47.9 Å². The maximum atomic E-state index is 11.0. The van der Waals surface area contributed by atoms with Gasteiger partial charge < -0.3 is 5.11 Å².